The number of aliphatic imine (C=N–C) groups is 1. The molecule has 2 nitrogen and oxygen atoms in total. The van der Waals surface area contributed by atoms with E-state index < -0.39 is 0 Å². The summed E-state index contributed by atoms with van der Waals surface area (Å²) in [7, 11) is 0. The third-order valence-corrected chi connectivity index (χ3v) is 2.02. The van der Waals surface area contributed by atoms with Crippen molar-refractivity contribution in [2.24, 2.45) is 4.99 Å². The Labute approximate surface area is 81.7 Å². The van der Waals surface area contributed by atoms with Crippen molar-refractivity contribution in [1.82, 2.24) is 4.90 Å². The molecule has 0 saturated carbocycles. The first-order valence-corrected chi connectivity index (χ1v) is 4.90. The summed E-state index contributed by atoms with van der Waals surface area (Å²) in [5.74, 6) is 0. The zero-order chi connectivity index (χ0) is 10.3. The highest BCUT2D eigenvalue weighted by Gasteiger charge is 2.16. The van der Waals surface area contributed by atoms with Gasteiger partial charge in [-0.3, -0.25) is 4.99 Å². The van der Waals surface area contributed by atoms with E-state index in [-0.39, 0.29) is 0 Å². The molecule has 13 heavy (non-hydrogen) atoms. The van der Waals surface area contributed by atoms with Gasteiger partial charge >= 0.3 is 0 Å². The van der Waals surface area contributed by atoms with Gasteiger partial charge in [-0.1, -0.05) is 20.4 Å². The standard InChI is InChI=1S/C9H14N2.C2H6/c1-4-9-8(10-3)6-7-11(9)5-2;1-2/h4H,1,3,5-7H2,2H3;1-2H3. The van der Waals surface area contributed by atoms with E-state index in [0.717, 1.165) is 30.9 Å². The first-order valence-electron chi connectivity index (χ1n) is 4.90. The average molecular weight is 180 g/mol. The third-order valence-electron chi connectivity index (χ3n) is 2.02. The van der Waals surface area contributed by atoms with Gasteiger partial charge < -0.3 is 4.90 Å². The Morgan fingerprint density at radius 3 is 2.54 bits per heavy atom. The van der Waals surface area contributed by atoms with Crippen LogP contribution in [0.25, 0.3) is 0 Å². The molecule has 0 radical (unpaired) electrons. The van der Waals surface area contributed by atoms with Crippen LogP contribution < -0.4 is 0 Å². The molecule has 0 fully saturated rings. The van der Waals surface area contributed by atoms with Crippen molar-refractivity contribution >= 4 is 6.72 Å². The fourth-order valence-electron chi connectivity index (χ4n) is 1.41. The first-order chi connectivity index (χ1) is 6.33. The summed E-state index contributed by atoms with van der Waals surface area (Å²) in [5.41, 5.74) is 2.24. The van der Waals surface area contributed by atoms with Crippen LogP contribution in [0, 0.1) is 0 Å². The number of rotatable bonds is 3. The topological polar surface area (TPSA) is 15.6 Å². The van der Waals surface area contributed by atoms with Gasteiger partial charge in [-0.05, 0) is 19.7 Å². The maximum atomic E-state index is 3.95. The van der Waals surface area contributed by atoms with Crippen LogP contribution in [0.15, 0.2) is 29.0 Å². The van der Waals surface area contributed by atoms with Gasteiger partial charge in [-0.2, -0.15) is 0 Å². The second kappa shape index (κ2) is 6.46. The molecule has 0 aromatic carbocycles. The molecule has 0 amide bonds. The van der Waals surface area contributed by atoms with Crippen LogP contribution >= 0.6 is 0 Å². The first kappa shape index (κ1) is 11.9. The number of hydrogen-bond donors (Lipinski definition) is 0. The van der Waals surface area contributed by atoms with Gasteiger partial charge in [0.25, 0.3) is 0 Å². The van der Waals surface area contributed by atoms with Crippen LogP contribution in [0.5, 0.6) is 0 Å². The van der Waals surface area contributed by atoms with Gasteiger partial charge in [-0.15, -0.1) is 0 Å². The van der Waals surface area contributed by atoms with Gasteiger partial charge in [0, 0.05) is 19.5 Å². The van der Waals surface area contributed by atoms with Gasteiger partial charge in [0.2, 0.25) is 0 Å². The van der Waals surface area contributed by atoms with Crippen molar-refractivity contribution in [3.05, 3.63) is 24.0 Å². The Morgan fingerprint density at radius 2 is 2.15 bits per heavy atom. The van der Waals surface area contributed by atoms with E-state index in [4.69, 9.17) is 0 Å². The largest absolute Gasteiger partial charge is 0.370 e. The molecule has 1 heterocycles. The van der Waals surface area contributed by atoms with Crippen molar-refractivity contribution in [2.75, 3.05) is 13.1 Å². The summed E-state index contributed by atoms with van der Waals surface area (Å²) in [6.45, 7) is 15.5. The lowest BCUT2D eigenvalue weighted by Crippen LogP contribution is -2.17. The molecule has 0 atom stereocenters. The van der Waals surface area contributed by atoms with Crippen LogP contribution in [-0.4, -0.2) is 24.7 Å². The Morgan fingerprint density at radius 1 is 1.54 bits per heavy atom. The molecule has 1 aliphatic heterocycles. The van der Waals surface area contributed by atoms with Crippen LogP contribution in [0.4, 0.5) is 0 Å². The molecule has 2 heteroatoms. The summed E-state index contributed by atoms with van der Waals surface area (Å²) in [6, 6.07) is 0. The van der Waals surface area contributed by atoms with E-state index in [1.807, 2.05) is 19.9 Å². The van der Waals surface area contributed by atoms with Crippen LogP contribution in [0.2, 0.25) is 0 Å². The molecule has 74 valence electrons. The molecule has 0 unspecified atom stereocenters. The van der Waals surface area contributed by atoms with Crippen molar-refractivity contribution < 1.29 is 0 Å². The molecule has 0 spiro atoms. The second-order valence-corrected chi connectivity index (χ2v) is 2.52. The predicted molar refractivity (Wildman–Crippen MR) is 60.0 cm³/mol. The minimum atomic E-state index is 1.01. The lowest BCUT2D eigenvalue weighted by atomic mass is 10.3. The fraction of sp³-hybridized carbons (Fsp3) is 0.545. The summed E-state index contributed by atoms with van der Waals surface area (Å²) >= 11 is 0. The average Bonchev–Trinajstić information content (AvgIpc) is 2.62. The monoisotopic (exact) mass is 180 g/mol. The molecule has 0 aromatic heterocycles. The maximum Gasteiger partial charge on any atom is 0.0646 e. The number of hydrogen-bond acceptors (Lipinski definition) is 2. The molecule has 1 aliphatic rings. The lowest BCUT2D eigenvalue weighted by Gasteiger charge is -2.16. The molecule has 0 aliphatic carbocycles. The van der Waals surface area contributed by atoms with Crippen molar-refractivity contribution in [1.29, 1.82) is 0 Å². The SMILES string of the molecule is C=CC1=C(N=C)CCN1CC.CC. The zero-order valence-corrected chi connectivity index (χ0v) is 9.01. The highest BCUT2D eigenvalue weighted by Crippen LogP contribution is 2.23. The van der Waals surface area contributed by atoms with Crippen molar-refractivity contribution in [3.8, 4) is 0 Å². The minimum absolute atomic E-state index is 1.01. The van der Waals surface area contributed by atoms with E-state index in [2.05, 4.69) is 30.1 Å². The molecule has 1 rings (SSSR count). The molecular formula is C11H20N2. The summed E-state index contributed by atoms with van der Waals surface area (Å²) in [6.07, 6.45) is 2.87. The Bertz CT molecular complexity index is 204. The normalized spacial score (nSPS) is 15.2. The van der Waals surface area contributed by atoms with E-state index in [1.54, 1.807) is 0 Å². The summed E-state index contributed by atoms with van der Waals surface area (Å²) in [4.78, 5) is 6.22. The minimum Gasteiger partial charge on any atom is -0.370 e. The highest BCUT2D eigenvalue weighted by atomic mass is 15.2. The molecule has 0 bridgehead atoms. The molecular weight excluding hydrogens is 160 g/mol. The smallest absolute Gasteiger partial charge is 0.0646 e. The van der Waals surface area contributed by atoms with E-state index in [1.165, 1.54) is 0 Å². The fourth-order valence-corrected chi connectivity index (χ4v) is 1.41. The Balaban J connectivity index is 0.000000671. The molecule has 0 N–H and O–H groups in total. The van der Waals surface area contributed by atoms with Gasteiger partial charge in [0.15, 0.2) is 0 Å². The van der Waals surface area contributed by atoms with Crippen LogP contribution in [0.3, 0.4) is 0 Å². The van der Waals surface area contributed by atoms with Crippen LogP contribution in [-0.2, 0) is 0 Å². The summed E-state index contributed by atoms with van der Waals surface area (Å²) in [5, 5.41) is 0. The maximum absolute atomic E-state index is 3.95. The van der Waals surface area contributed by atoms with Crippen molar-refractivity contribution in [3.63, 3.8) is 0 Å². The number of allylic oxidation sites excluding steroid dienone is 1. The van der Waals surface area contributed by atoms with Gasteiger partial charge in [-0.25, -0.2) is 0 Å². The summed E-state index contributed by atoms with van der Waals surface area (Å²) < 4.78 is 0. The van der Waals surface area contributed by atoms with Crippen molar-refractivity contribution in [2.45, 2.75) is 27.2 Å². The van der Waals surface area contributed by atoms with Gasteiger partial charge in [0.05, 0.1) is 11.4 Å². The van der Waals surface area contributed by atoms with Crippen LogP contribution in [0.1, 0.15) is 27.2 Å². The van der Waals surface area contributed by atoms with Gasteiger partial charge in [0.1, 0.15) is 0 Å². The lowest BCUT2D eigenvalue weighted by molar-refractivity contribution is 0.408. The van der Waals surface area contributed by atoms with E-state index >= 15 is 0 Å². The Kier molecular flexibility index (Phi) is 5.94. The van der Waals surface area contributed by atoms with E-state index in [0.29, 0.717) is 0 Å². The number of nitrogens with zero attached hydrogens (tertiary/aromatic N) is 2. The Hall–Kier alpha value is -1.05. The second-order valence-electron chi connectivity index (χ2n) is 2.52. The van der Waals surface area contributed by atoms with E-state index in [9.17, 15) is 0 Å². The molecule has 0 saturated heterocycles. The number of likely N-dealkylation sites (N-methyl/N-ethyl adjacent to an activating group) is 1. The predicted octanol–water partition coefficient (Wildman–Crippen LogP) is 2.84. The quantitative estimate of drug-likeness (QED) is 0.610. The highest BCUT2D eigenvalue weighted by molar-refractivity contribution is 5.35. The zero-order valence-electron chi connectivity index (χ0n) is 9.01. The molecule has 0 aromatic rings. The third kappa shape index (κ3) is 2.72.